The first-order chi connectivity index (χ1) is 14.3. The van der Waals surface area contributed by atoms with E-state index in [1.54, 1.807) is 11.1 Å². The van der Waals surface area contributed by atoms with Crippen molar-refractivity contribution in [2.45, 2.75) is 77.7 Å². The van der Waals surface area contributed by atoms with Gasteiger partial charge in [0.15, 0.2) is 17.7 Å². The molecule has 1 fully saturated rings. The number of pyridine rings is 1. The van der Waals surface area contributed by atoms with Crippen LogP contribution in [-0.4, -0.2) is 54.1 Å². The summed E-state index contributed by atoms with van der Waals surface area (Å²) in [5.41, 5.74) is -0.557. The van der Waals surface area contributed by atoms with Crippen LogP contribution in [0.5, 0.6) is 5.75 Å². The number of rotatable bonds is 8. The number of amides is 1. The standard InChI is InChI=1S/C22H33BrN2O5/c1-5-6-10-29-20-18-21(27)24(15(2)3)13-22(4,25(18)12-16(23)19(20)26)14-30-17-9-7-8-11-28-17/h12,15,17H,5-11,13-14H2,1-4H3. The Balaban J connectivity index is 2.02. The van der Waals surface area contributed by atoms with E-state index in [1.165, 1.54) is 0 Å². The highest BCUT2D eigenvalue weighted by atomic mass is 79.9. The molecular weight excluding hydrogens is 452 g/mol. The molecule has 0 aliphatic carbocycles. The second-order valence-electron chi connectivity index (χ2n) is 8.69. The topological polar surface area (TPSA) is 70.0 Å². The number of carbonyl (C=O) groups is 1. The number of hydrogen-bond acceptors (Lipinski definition) is 5. The zero-order valence-electron chi connectivity index (χ0n) is 18.4. The largest absolute Gasteiger partial charge is 0.487 e. The van der Waals surface area contributed by atoms with Crippen molar-refractivity contribution >= 4 is 21.8 Å². The Morgan fingerprint density at radius 1 is 1.33 bits per heavy atom. The fourth-order valence-electron chi connectivity index (χ4n) is 3.94. The number of nitrogens with zero attached hydrogens (tertiary/aromatic N) is 2. The van der Waals surface area contributed by atoms with Crippen LogP contribution in [0, 0.1) is 0 Å². The van der Waals surface area contributed by atoms with E-state index in [0.717, 1.165) is 32.1 Å². The lowest BCUT2D eigenvalue weighted by atomic mass is 9.96. The van der Waals surface area contributed by atoms with Gasteiger partial charge in [0.25, 0.3) is 5.91 Å². The average molecular weight is 485 g/mol. The van der Waals surface area contributed by atoms with Crippen molar-refractivity contribution < 1.29 is 19.0 Å². The van der Waals surface area contributed by atoms with Crippen molar-refractivity contribution in [3.05, 3.63) is 26.6 Å². The molecule has 7 nitrogen and oxygen atoms in total. The van der Waals surface area contributed by atoms with Crippen LogP contribution in [-0.2, 0) is 15.0 Å². The molecule has 2 aliphatic rings. The third kappa shape index (κ3) is 4.75. The molecule has 3 heterocycles. The number of hydrogen-bond donors (Lipinski definition) is 0. The van der Waals surface area contributed by atoms with E-state index < -0.39 is 5.54 Å². The Bertz CT molecular complexity index is 818. The van der Waals surface area contributed by atoms with Gasteiger partial charge in [0, 0.05) is 25.4 Å². The molecule has 1 aromatic heterocycles. The molecule has 0 N–H and O–H groups in total. The monoisotopic (exact) mass is 484 g/mol. The summed E-state index contributed by atoms with van der Waals surface area (Å²) < 4.78 is 20.0. The minimum Gasteiger partial charge on any atom is -0.487 e. The summed E-state index contributed by atoms with van der Waals surface area (Å²) in [5.74, 6) is -0.0687. The number of halogens is 1. The molecule has 1 aromatic rings. The van der Waals surface area contributed by atoms with E-state index in [2.05, 4.69) is 22.9 Å². The molecule has 1 amide bonds. The van der Waals surface area contributed by atoms with Crippen LogP contribution in [0.3, 0.4) is 0 Å². The Hall–Kier alpha value is -1.38. The first-order valence-electron chi connectivity index (χ1n) is 10.9. The predicted molar refractivity (Wildman–Crippen MR) is 118 cm³/mol. The molecule has 2 unspecified atom stereocenters. The van der Waals surface area contributed by atoms with Crippen LogP contribution >= 0.6 is 15.9 Å². The summed E-state index contributed by atoms with van der Waals surface area (Å²) in [6, 6.07) is -0.0150. The Labute approximate surface area is 186 Å². The highest BCUT2D eigenvalue weighted by Gasteiger charge is 2.43. The number of ether oxygens (including phenoxy) is 3. The van der Waals surface area contributed by atoms with E-state index in [-0.39, 0.29) is 29.4 Å². The van der Waals surface area contributed by atoms with E-state index in [4.69, 9.17) is 14.2 Å². The van der Waals surface area contributed by atoms with Gasteiger partial charge in [-0.3, -0.25) is 9.59 Å². The van der Waals surface area contributed by atoms with Gasteiger partial charge in [-0.2, -0.15) is 0 Å². The van der Waals surface area contributed by atoms with E-state index in [0.29, 0.717) is 36.5 Å². The zero-order chi connectivity index (χ0) is 21.9. The molecule has 0 bridgehead atoms. The first-order valence-corrected chi connectivity index (χ1v) is 11.7. The second kappa shape index (κ2) is 9.83. The summed E-state index contributed by atoms with van der Waals surface area (Å²) >= 11 is 3.37. The number of carbonyl (C=O) groups excluding carboxylic acids is 1. The summed E-state index contributed by atoms with van der Waals surface area (Å²) in [6.07, 6.45) is 6.24. The molecule has 0 saturated carbocycles. The number of aromatic nitrogens is 1. The summed E-state index contributed by atoms with van der Waals surface area (Å²) in [7, 11) is 0. The maximum Gasteiger partial charge on any atom is 0.274 e. The summed E-state index contributed by atoms with van der Waals surface area (Å²) in [5, 5.41) is 0. The van der Waals surface area contributed by atoms with Crippen LogP contribution in [0.1, 0.15) is 70.3 Å². The third-order valence-electron chi connectivity index (χ3n) is 5.76. The van der Waals surface area contributed by atoms with Gasteiger partial charge in [0.05, 0.1) is 23.2 Å². The highest BCUT2D eigenvalue weighted by molar-refractivity contribution is 9.10. The van der Waals surface area contributed by atoms with Crippen molar-refractivity contribution in [3.8, 4) is 5.75 Å². The molecule has 1 saturated heterocycles. The molecule has 3 rings (SSSR count). The maximum atomic E-state index is 13.4. The van der Waals surface area contributed by atoms with Gasteiger partial charge < -0.3 is 23.7 Å². The molecular formula is C22H33BrN2O5. The van der Waals surface area contributed by atoms with Crippen LogP contribution < -0.4 is 10.2 Å². The smallest absolute Gasteiger partial charge is 0.274 e. The highest BCUT2D eigenvalue weighted by Crippen LogP contribution is 2.34. The molecule has 2 aliphatic heterocycles. The molecule has 2 atom stereocenters. The van der Waals surface area contributed by atoms with Gasteiger partial charge in [-0.15, -0.1) is 0 Å². The van der Waals surface area contributed by atoms with Gasteiger partial charge in [0.2, 0.25) is 5.43 Å². The molecule has 8 heteroatoms. The Morgan fingerprint density at radius 2 is 2.10 bits per heavy atom. The van der Waals surface area contributed by atoms with Gasteiger partial charge in [0.1, 0.15) is 0 Å². The zero-order valence-corrected chi connectivity index (χ0v) is 20.0. The summed E-state index contributed by atoms with van der Waals surface area (Å²) in [6.45, 7) is 10.0. The SMILES string of the molecule is CCCCOc1c2n(cc(Br)c1=O)C(C)(COC1CCCCO1)CN(C(C)C)C2=O. The molecule has 0 radical (unpaired) electrons. The van der Waals surface area contributed by atoms with Crippen molar-refractivity contribution in [1.82, 2.24) is 9.47 Å². The van der Waals surface area contributed by atoms with Crippen LogP contribution in [0.2, 0.25) is 0 Å². The quantitative estimate of drug-likeness (QED) is 0.523. The molecule has 0 aromatic carbocycles. The molecule has 0 spiro atoms. The number of fused-ring (bicyclic) bond motifs is 1. The Kier molecular flexibility index (Phi) is 7.63. The lowest BCUT2D eigenvalue weighted by Crippen LogP contribution is -2.57. The Morgan fingerprint density at radius 3 is 2.73 bits per heavy atom. The van der Waals surface area contributed by atoms with Crippen molar-refractivity contribution in [3.63, 3.8) is 0 Å². The minimum absolute atomic E-state index is 0.0150. The fourth-order valence-corrected chi connectivity index (χ4v) is 4.32. The lowest BCUT2D eigenvalue weighted by molar-refractivity contribution is -0.177. The second-order valence-corrected chi connectivity index (χ2v) is 9.54. The van der Waals surface area contributed by atoms with Gasteiger partial charge >= 0.3 is 0 Å². The van der Waals surface area contributed by atoms with Crippen LogP contribution in [0.25, 0.3) is 0 Å². The van der Waals surface area contributed by atoms with E-state index in [9.17, 15) is 9.59 Å². The van der Waals surface area contributed by atoms with Gasteiger partial charge in [-0.05, 0) is 62.4 Å². The maximum absolute atomic E-state index is 13.4. The summed E-state index contributed by atoms with van der Waals surface area (Å²) in [4.78, 5) is 28.0. The van der Waals surface area contributed by atoms with E-state index in [1.807, 2.05) is 25.3 Å². The average Bonchev–Trinajstić information content (AvgIpc) is 2.73. The minimum atomic E-state index is -0.562. The van der Waals surface area contributed by atoms with Crippen molar-refractivity contribution in [2.75, 3.05) is 26.4 Å². The fraction of sp³-hybridized carbons (Fsp3) is 0.727. The van der Waals surface area contributed by atoms with Crippen LogP contribution in [0.4, 0.5) is 0 Å². The molecule has 168 valence electrons. The first kappa shape index (κ1) is 23.3. The van der Waals surface area contributed by atoms with Crippen molar-refractivity contribution in [2.24, 2.45) is 0 Å². The van der Waals surface area contributed by atoms with Crippen molar-refractivity contribution in [1.29, 1.82) is 0 Å². The normalized spacial score (nSPS) is 24.3. The molecule has 30 heavy (non-hydrogen) atoms. The van der Waals surface area contributed by atoms with Gasteiger partial charge in [-0.1, -0.05) is 13.3 Å². The van der Waals surface area contributed by atoms with Gasteiger partial charge in [-0.25, -0.2) is 0 Å². The van der Waals surface area contributed by atoms with E-state index >= 15 is 0 Å². The predicted octanol–water partition coefficient (Wildman–Crippen LogP) is 3.91. The lowest BCUT2D eigenvalue weighted by Gasteiger charge is -2.45. The number of unbranched alkanes of at least 4 members (excludes halogenated alkanes) is 1. The van der Waals surface area contributed by atoms with Crippen LogP contribution in [0.15, 0.2) is 15.5 Å². The third-order valence-corrected chi connectivity index (χ3v) is 6.33.